The molecule has 0 fully saturated rings. The van der Waals surface area contributed by atoms with Gasteiger partial charge in [0, 0.05) is 29.1 Å². The number of carbonyl (C=O) groups is 1. The number of hydrogen-bond donors (Lipinski definition) is 2. The molecule has 0 saturated heterocycles. The van der Waals surface area contributed by atoms with Crippen molar-refractivity contribution in [3.8, 4) is 5.82 Å². The highest BCUT2D eigenvalue weighted by Crippen LogP contribution is 2.37. The van der Waals surface area contributed by atoms with E-state index in [1.54, 1.807) is 70.4 Å². The van der Waals surface area contributed by atoms with Gasteiger partial charge in [-0.15, -0.1) is 0 Å². The molecule has 2 aromatic carbocycles. The molecule has 0 bridgehead atoms. The standard InChI is InChI=1S/C29H35BrN6O4S/c1-19-13-21(30)16-23(14-19)41(39,40)36(27(28(37)38)29(2,3)4)22-7-8-24-20(15-22)9-11-35(24)26-18-32-25(17-33-26)31-10-12-34(5)6/h7-9,11,13-18,27H,10,12H2,1-6H3,(H,31,32)(H,37,38). The third-order valence-corrected chi connectivity index (χ3v) is 8.77. The minimum atomic E-state index is -4.28. The SMILES string of the molecule is Cc1cc(Br)cc(S(=O)(=O)N(c2ccc3c(ccn3-c3cnc(NCCN(C)C)cn3)c2)C(C(=O)O)C(C)(C)C)c1. The Morgan fingerprint density at radius 3 is 2.41 bits per heavy atom. The van der Waals surface area contributed by atoms with Gasteiger partial charge >= 0.3 is 5.97 Å². The lowest BCUT2D eigenvalue weighted by Crippen LogP contribution is -2.52. The van der Waals surface area contributed by atoms with E-state index in [9.17, 15) is 18.3 Å². The molecule has 0 aliphatic heterocycles. The van der Waals surface area contributed by atoms with Crippen molar-refractivity contribution in [2.24, 2.45) is 5.41 Å². The molecule has 4 rings (SSSR count). The van der Waals surface area contributed by atoms with Crippen LogP contribution in [-0.4, -0.2) is 72.2 Å². The van der Waals surface area contributed by atoms with Crippen LogP contribution in [0.3, 0.4) is 0 Å². The summed E-state index contributed by atoms with van der Waals surface area (Å²) in [5.41, 5.74) is 0.836. The molecule has 2 aromatic heterocycles. The fourth-order valence-corrected chi connectivity index (χ4v) is 7.30. The van der Waals surface area contributed by atoms with E-state index >= 15 is 0 Å². The van der Waals surface area contributed by atoms with Gasteiger partial charge in [0.25, 0.3) is 10.0 Å². The number of aliphatic carboxylic acids is 1. The van der Waals surface area contributed by atoms with Gasteiger partial charge in [-0.25, -0.2) is 23.2 Å². The Morgan fingerprint density at radius 2 is 1.83 bits per heavy atom. The Labute approximate surface area is 249 Å². The van der Waals surface area contributed by atoms with Gasteiger partial charge in [0.2, 0.25) is 0 Å². The third-order valence-electron chi connectivity index (χ3n) is 6.54. The summed E-state index contributed by atoms with van der Waals surface area (Å²) < 4.78 is 31.8. The van der Waals surface area contributed by atoms with Crippen molar-refractivity contribution in [1.29, 1.82) is 0 Å². The molecule has 218 valence electrons. The van der Waals surface area contributed by atoms with E-state index in [1.165, 1.54) is 6.07 Å². The Bertz CT molecular complexity index is 1640. The van der Waals surface area contributed by atoms with Crippen LogP contribution >= 0.6 is 15.9 Å². The van der Waals surface area contributed by atoms with Gasteiger partial charge in [-0.05, 0) is 74.5 Å². The van der Waals surface area contributed by atoms with Crippen molar-refractivity contribution < 1.29 is 18.3 Å². The molecule has 2 heterocycles. The molecule has 0 saturated carbocycles. The number of fused-ring (bicyclic) bond motifs is 1. The fraction of sp³-hybridized carbons (Fsp3) is 0.345. The minimum absolute atomic E-state index is 0.00657. The topological polar surface area (TPSA) is 121 Å². The minimum Gasteiger partial charge on any atom is -0.480 e. The van der Waals surface area contributed by atoms with E-state index < -0.39 is 27.4 Å². The summed E-state index contributed by atoms with van der Waals surface area (Å²) in [6.45, 7) is 8.53. The normalized spacial score (nSPS) is 13.0. The van der Waals surface area contributed by atoms with E-state index in [4.69, 9.17) is 0 Å². The molecular formula is C29H35BrN6O4S. The molecule has 0 radical (unpaired) electrons. The maximum absolute atomic E-state index is 14.1. The zero-order valence-electron chi connectivity index (χ0n) is 24.0. The van der Waals surface area contributed by atoms with E-state index in [1.807, 2.05) is 30.9 Å². The third kappa shape index (κ3) is 6.71. The monoisotopic (exact) mass is 642 g/mol. The molecule has 0 aliphatic carbocycles. The zero-order chi connectivity index (χ0) is 30.1. The van der Waals surface area contributed by atoms with E-state index in [0.29, 0.717) is 16.1 Å². The maximum Gasteiger partial charge on any atom is 0.328 e. The van der Waals surface area contributed by atoms with E-state index in [2.05, 4.69) is 36.1 Å². The second-order valence-electron chi connectivity index (χ2n) is 11.3. The molecule has 1 atom stereocenters. The number of carboxylic acid groups (broad SMARTS) is 1. The van der Waals surface area contributed by atoms with Gasteiger partial charge in [-0.1, -0.05) is 36.7 Å². The molecule has 10 nitrogen and oxygen atoms in total. The summed E-state index contributed by atoms with van der Waals surface area (Å²) in [6, 6.07) is 10.4. The number of hydrogen-bond acceptors (Lipinski definition) is 7. The molecule has 0 amide bonds. The van der Waals surface area contributed by atoms with E-state index in [-0.39, 0.29) is 10.6 Å². The lowest BCUT2D eigenvalue weighted by molar-refractivity contribution is -0.140. The predicted molar refractivity (Wildman–Crippen MR) is 165 cm³/mol. The van der Waals surface area contributed by atoms with Crippen LogP contribution in [0, 0.1) is 12.3 Å². The van der Waals surface area contributed by atoms with Crippen LogP contribution in [0.15, 0.2) is 70.4 Å². The number of benzene rings is 2. The van der Waals surface area contributed by atoms with Crippen LogP contribution in [0.25, 0.3) is 16.7 Å². The second-order valence-corrected chi connectivity index (χ2v) is 14.0. The first-order valence-electron chi connectivity index (χ1n) is 13.0. The Balaban J connectivity index is 1.77. The van der Waals surface area contributed by atoms with E-state index in [0.717, 1.165) is 33.9 Å². The van der Waals surface area contributed by atoms with Crippen molar-refractivity contribution >= 4 is 54.3 Å². The first-order valence-corrected chi connectivity index (χ1v) is 15.3. The molecule has 12 heteroatoms. The van der Waals surface area contributed by atoms with Crippen LogP contribution in [0.2, 0.25) is 0 Å². The molecule has 1 unspecified atom stereocenters. The number of nitrogens with zero attached hydrogens (tertiary/aromatic N) is 5. The Hall–Kier alpha value is -3.48. The number of halogens is 1. The second kappa shape index (κ2) is 11.8. The number of anilines is 2. The number of rotatable bonds is 10. The average Bonchev–Trinajstić information content (AvgIpc) is 3.29. The van der Waals surface area contributed by atoms with Crippen LogP contribution in [0.5, 0.6) is 0 Å². The van der Waals surface area contributed by atoms with Crippen molar-refractivity contribution in [2.45, 2.75) is 38.6 Å². The zero-order valence-corrected chi connectivity index (χ0v) is 26.4. The fourth-order valence-electron chi connectivity index (χ4n) is 4.63. The van der Waals surface area contributed by atoms with Crippen molar-refractivity contribution in [1.82, 2.24) is 19.4 Å². The van der Waals surface area contributed by atoms with Gasteiger partial charge in [-0.2, -0.15) is 0 Å². The smallest absolute Gasteiger partial charge is 0.328 e. The summed E-state index contributed by atoms with van der Waals surface area (Å²) in [6.07, 6.45) is 5.16. The first-order chi connectivity index (χ1) is 19.2. The van der Waals surface area contributed by atoms with Gasteiger partial charge in [0.05, 0.1) is 28.5 Å². The summed E-state index contributed by atoms with van der Waals surface area (Å²) in [5.74, 6) is 0.0259. The van der Waals surface area contributed by atoms with Crippen molar-refractivity contribution in [2.75, 3.05) is 36.8 Å². The van der Waals surface area contributed by atoms with Gasteiger partial charge in [0.15, 0.2) is 5.82 Å². The largest absolute Gasteiger partial charge is 0.480 e. The molecular weight excluding hydrogens is 608 g/mol. The summed E-state index contributed by atoms with van der Waals surface area (Å²) in [7, 11) is -0.275. The number of aryl methyl sites for hydroxylation is 1. The van der Waals surface area contributed by atoms with Crippen LogP contribution in [0.4, 0.5) is 11.5 Å². The molecule has 0 spiro atoms. The van der Waals surface area contributed by atoms with Crippen LogP contribution < -0.4 is 9.62 Å². The number of nitrogens with one attached hydrogen (secondary N) is 1. The van der Waals surface area contributed by atoms with Crippen LogP contribution in [0.1, 0.15) is 26.3 Å². The predicted octanol–water partition coefficient (Wildman–Crippen LogP) is 5.16. The van der Waals surface area contributed by atoms with Gasteiger partial charge in [0.1, 0.15) is 11.9 Å². The number of aromatic nitrogens is 3. The summed E-state index contributed by atoms with van der Waals surface area (Å²) in [5, 5.41) is 14.2. The highest BCUT2D eigenvalue weighted by atomic mass is 79.9. The number of likely N-dealkylation sites (N-methyl/N-ethyl adjacent to an activating group) is 1. The Kier molecular flexibility index (Phi) is 8.76. The molecule has 0 aliphatic rings. The summed E-state index contributed by atoms with van der Waals surface area (Å²) >= 11 is 3.38. The van der Waals surface area contributed by atoms with Crippen LogP contribution in [-0.2, 0) is 14.8 Å². The van der Waals surface area contributed by atoms with Gasteiger partial charge < -0.3 is 15.3 Å². The van der Waals surface area contributed by atoms with Crippen molar-refractivity contribution in [3.63, 3.8) is 0 Å². The lowest BCUT2D eigenvalue weighted by atomic mass is 9.86. The number of carboxylic acids is 1. The average molecular weight is 644 g/mol. The highest BCUT2D eigenvalue weighted by molar-refractivity contribution is 9.10. The van der Waals surface area contributed by atoms with Crippen molar-refractivity contribution in [3.05, 3.63) is 71.1 Å². The maximum atomic E-state index is 14.1. The highest BCUT2D eigenvalue weighted by Gasteiger charge is 2.43. The number of sulfonamides is 1. The molecule has 41 heavy (non-hydrogen) atoms. The van der Waals surface area contributed by atoms with Gasteiger partial charge in [-0.3, -0.25) is 8.87 Å². The lowest BCUT2D eigenvalue weighted by Gasteiger charge is -2.37. The quantitative estimate of drug-likeness (QED) is 0.243. The summed E-state index contributed by atoms with van der Waals surface area (Å²) in [4.78, 5) is 23.7. The first kappa shape index (κ1) is 30.5. The molecule has 4 aromatic rings. The molecule has 2 N–H and O–H groups in total. The Morgan fingerprint density at radius 1 is 1.10 bits per heavy atom.